The van der Waals surface area contributed by atoms with Crippen LogP contribution >= 0.6 is 0 Å². The maximum atomic E-state index is 11.9. The molecule has 25 heavy (non-hydrogen) atoms. The highest BCUT2D eigenvalue weighted by molar-refractivity contribution is 5.77. The zero-order valence-corrected chi connectivity index (χ0v) is 15.1. The van der Waals surface area contributed by atoms with Crippen LogP contribution < -0.4 is 10.1 Å². The van der Waals surface area contributed by atoms with Crippen molar-refractivity contribution in [2.24, 2.45) is 0 Å². The number of carbonyl (C=O) groups is 1. The van der Waals surface area contributed by atoms with E-state index in [-0.39, 0.29) is 5.91 Å². The van der Waals surface area contributed by atoms with Crippen LogP contribution in [0.4, 0.5) is 0 Å². The van der Waals surface area contributed by atoms with Crippen molar-refractivity contribution in [2.45, 2.75) is 19.4 Å². The lowest BCUT2D eigenvalue weighted by molar-refractivity contribution is -0.122. The Kier molecular flexibility index (Phi) is 6.67. The lowest BCUT2D eigenvalue weighted by Crippen LogP contribution is -2.49. The fraction of sp³-hybridized carbons (Fsp3) is 0.632. The van der Waals surface area contributed by atoms with Crippen molar-refractivity contribution in [3.8, 4) is 5.75 Å². The smallest absolute Gasteiger partial charge is 0.234 e. The van der Waals surface area contributed by atoms with E-state index in [1.807, 2.05) is 0 Å². The third-order valence-electron chi connectivity index (χ3n) is 4.84. The molecule has 0 atom stereocenters. The van der Waals surface area contributed by atoms with Gasteiger partial charge in [0, 0.05) is 59.4 Å². The summed E-state index contributed by atoms with van der Waals surface area (Å²) in [7, 11) is 1.68. The number of rotatable bonds is 8. The summed E-state index contributed by atoms with van der Waals surface area (Å²) in [4.78, 5) is 16.6. The highest BCUT2D eigenvalue weighted by atomic mass is 16.5. The minimum atomic E-state index is 0.114. The maximum absolute atomic E-state index is 11.9. The van der Waals surface area contributed by atoms with Crippen LogP contribution in [0.25, 0.3) is 0 Å². The molecule has 0 unspecified atom stereocenters. The first-order chi connectivity index (χ1) is 12.2. The number of amides is 1. The second-order valence-corrected chi connectivity index (χ2v) is 6.79. The van der Waals surface area contributed by atoms with Gasteiger partial charge in [-0.15, -0.1) is 0 Å². The molecule has 0 aliphatic carbocycles. The highest BCUT2D eigenvalue weighted by Gasteiger charge is 2.19. The number of nitrogens with one attached hydrogen (secondary N) is 1. The Hall–Kier alpha value is -1.63. The molecule has 6 heteroatoms. The first kappa shape index (κ1) is 18.2. The number of hydrogen-bond acceptors (Lipinski definition) is 5. The van der Waals surface area contributed by atoms with E-state index in [0.29, 0.717) is 19.7 Å². The quantitative estimate of drug-likeness (QED) is 0.708. The molecular weight excluding hydrogens is 318 g/mol. The molecule has 1 aromatic carbocycles. The monoisotopic (exact) mass is 347 g/mol. The molecule has 1 N–H and O–H groups in total. The molecule has 0 aromatic heterocycles. The third kappa shape index (κ3) is 5.42. The molecule has 2 aliphatic rings. The van der Waals surface area contributed by atoms with Crippen molar-refractivity contribution < 1.29 is 14.3 Å². The molecule has 0 spiro atoms. The van der Waals surface area contributed by atoms with Crippen LogP contribution in [0.1, 0.15) is 17.5 Å². The van der Waals surface area contributed by atoms with Crippen LogP contribution in [0.15, 0.2) is 18.2 Å². The molecule has 6 nitrogen and oxygen atoms in total. The molecule has 1 fully saturated rings. The van der Waals surface area contributed by atoms with Gasteiger partial charge in [0.05, 0.1) is 13.2 Å². The van der Waals surface area contributed by atoms with Crippen LogP contribution in [0, 0.1) is 0 Å². The van der Waals surface area contributed by atoms with E-state index in [9.17, 15) is 4.79 Å². The van der Waals surface area contributed by atoms with E-state index in [1.165, 1.54) is 11.1 Å². The summed E-state index contributed by atoms with van der Waals surface area (Å²) in [5.41, 5.74) is 2.69. The molecule has 2 aliphatic heterocycles. The van der Waals surface area contributed by atoms with Gasteiger partial charge >= 0.3 is 0 Å². The van der Waals surface area contributed by atoms with Gasteiger partial charge in [0.15, 0.2) is 0 Å². The average Bonchev–Trinajstić information content (AvgIpc) is 3.08. The lowest BCUT2D eigenvalue weighted by Gasteiger charge is -2.34. The van der Waals surface area contributed by atoms with Crippen molar-refractivity contribution in [2.75, 3.05) is 59.6 Å². The van der Waals surface area contributed by atoms with Crippen LogP contribution in [-0.4, -0.2) is 75.3 Å². The van der Waals surface area contributed by atoms with Crippen LogP contribution in [0.3, 0.4) is 0 Å². The zero-order valence-electron chi connectivity index (χ0n) is 15.1. The Morgan fingerprint density at radius 3 is 2.84 bits per heavy atom. The van der Waals surface area contributed by atoms with E-state index in [4.69, 9.17) is 9.47 Å². The van der Waals surface area contributed by atoms with Gasteiger partial charge in [-0.25, -0.2) is 0 Å². The first-order valence-electron chi connectivity index (χ1n) is 9.19. The second kappa shape index (κ2) is 9.17. The Bertz CT molecular complexity index is 571. The molecule has 1 aromatic rings. The molecule has 0 radical (unpaired) electrons. The van der Waals surface area contributed by atoms with Crippen LogP contribution in [0.5, 0.6) is 5.75 Å². The summed E-state index contributed by atoms with van der Waals surface area (Å²) in [6, 6.07) is 6.55. The Balaban J connectivity index is 1.36. The number of methoxy groups -OCH3 is 1. The first-order valence-corrected chi connectivity index (χ1v) is 9.19. The topological polar surface area (TPSA) is 54.0 Å². The summed E-state index contributed by atoms with van der Waals surface area (Å²) >= 11 is 0. The number of fused-ring (bicyclic) bond motifs is 1. The van der Waals surface area contributed by atoms with E-state index in [0.717, 1.165) is 57.9 Å². The Morgan fingerprint density at radius 2 is 2.04 bits per heavy atom. The number of benzene rings is 1. The summed E-state index contributed by atoms with van der Waals surface area (Å²) in [6.45, 7) is 7.56. The van der Waals surface area contributed by atoms with Gasteiger partial charge in [0.25, 0.3) is 0 Å². The number of nitrogens with zero attached hydrogens (tertiary/aromatic N) is 2. The van der Waals surface area contributed by atoms with Gasteiger partial charge in [0.2, 0.25) is 5.91 Å². The third-order valence-corrected chi connectivity index (χ3v) is 4.84. The maximum Gasteiger partial charge on any atom is 0.234 e. The predicted molar refractivity (Wildman–Crippen MR) is 96.9 cm³/mol. The summed E-state index contributed by atoms with van der Waals surface area (Å²) in [5, 5.41) is 2.95. The minimum Gasteiger partial charge on any atom is -0.493 e. The fourth-order valence-corrected chi connectivity index (χ4v) is 3.41. The largest absolute Gasteiger partial charge is 0.493 e. The molecule has 2 heterocycles. The van der Waals surface area contributed by atoms with Gasteiger partial charge in [0.1, 0.15) is 5.75 Å². The van der Waals surface area contributed by atoms with Crippen LogP contribution in [-0.2, 0) is 22.5 Å². The number of carbonyl (C=O) groups excluding carboxylic acids is 1. The molecule has 1 saturated heterocycles. The summed E-state index contributed by atoms with van der Waals surface area (Å²) in [6.07, 6.45) is 1.89. The number of hydrogen-bond donors (Lipinski definition) is 1. The molecule has 138 valence electrons. The molecule has 0 bridgehead atoms. The van der Waals surface area contributed by atoms with E-state index in [1.54, 1.807) is 7.11 Å². The van der Waals surface area contributed by atoms with Crippen molar-refractivity contribution in [3.05, 3.63) is 29.3 Å². The molecule has 3 rings (SSSR count). The van der Waals surface area contributed by atoms with Crippen molar-refractivity contribution >= 4 is 5.91 Å². The number of piperazine rings is 1. The summed E-state index contributed by atoms with van der Waals surface area (Å²) < 4.78 is 10.6. The fourth-order valence-electron chi connectivity index (χ4n) is 3.41. The zero-order chi connectivity index (χ0) is 17.5. The van der Waals surface area contributed by atoms with Gasteiger partial charge in [-0.2, -0.15) is 0 Å². The minimum absolute atomic E-state index is 0.114. The summed E-state index contributed by atoms with van der Waals surface area (Å²) in [5.74, 6) is 1.16. The Morgan fingerprint density at radius 1 is 1.24 bits per heavy atom. The van der Waals surface area contributed by atoms with E-state index in [2.05, 4.69) is 33.3 Å². The van der Waals surface area contributed by atoms with Crippen molar-refractivity contribution in [3.63, 3.8) is 0 Å². The van der Waals surface area contributed by atoms with Crippen LogP contribution in [0.2, 0.25) is 0 Å². The molecule has 0 saturated carbocycles. The Labute approximate surface area is 150 Å². The van der Waals surface area contributed by atoms with E-state index >= 15 is 0 Å². The molecular formula is C19H29N3O3. The predicted octanol–water partition coefficient (Wildman–Crippen LogP) is 0.892. The van der Waals surface area contributed by atoms with Crippen molar-refractivity contribution in [1.82, 2.24) is 15.1 Å². The lowest BCUT2D eigenvalue weighted by atomic mass is 10.1. The van der Waals surface area contributed by atoms with Gasteiger partial charge in [-0.05, 0) is 23.6 Å². The average molecular weight is 347 g/mol. The SMILES string of the molecule is COCCCNC(=O)CN1CCN(Cc2ccc3c(c2)CCO3)CC1. The van der Waals surface area contributed by atoms with Crippen molar-refractivity contribution in [1.29, 1.82) is 0 Å². The van der Waals surface area contributed by atoms with Gasteiger partial charge in [-0.1, -0.05) is 12.1 Å². The standard InChI is InChI=1S/C19H29N3O3/c1-24-11-2-6-20-19(23)15-22-9-7-21(8-10-22)14-16-3-4-18-17(13-16)5-12-25-18/h3-4,13H,2,5-12,14-15H2,1H3,(H,20,23). The number of ether oxygens (including phenoxy) is 2. The normalized spacial score (nSPS) is 18.0. The second-order valence-electron chi connectivity index (χ2n) is 6.79. The highest BCUT2D eigenvalue weighted by Crippen LogP contribution is 2.26. The van der Waals surface area contributed by atoms with Gasteiger partial charge in [-0.3, -0.25) is 14.6 Å². The van der Waals surface area contributed by atoms with E-state index < -0.39 is 0 Å². The van der Waals surface area contributed by atoms with Gasteiger partial charge < -0.3 is 14.8 Å². The molecule has 1 amide bonds.